The summed E-state index contributed by atoms with van der Waals surface area (Å²) in [5.74, 6) is 2.36. The third-order valence-corrected chi connectivity index (χ3v) is 4.53. The predicted octanol–water partition coefficient (Wildman–Crippen LogP) is 3.04. The van der Waals surface area contributed by atoms with Gasteiger partial charge in [-0.05, 0) is 45.4 Å². The molecule has 0 amide bonds. The van der Waals surface area contributed by atoms with Crippen molar-refractivity contribution in [2.75, 3.05) is 26.2 Å². The van der Waals surface area contributed by atoms with Crippen molar-refractivity contribution in [1.29, 1.82) is 0 Å². The van der Waals surface area contributed by atoms with Crippen LogP contribution in [0.3, 0.4) is 0 Å². The van der Waals surface area contributed by atoms with Crippen LogP contribution in [0.5, 0.6) is 5.75 Å². The van der Waals surface area contributed by atoms with Gasteiger partial charge in [0.1, 0.15) is 5.75 Å². The molecule has 25 heavy (non-hydrogen) atoms. The number of ether oxygens (including phenoxy) is 1. The lowest BCUT2D eigenvalue weighted by Crippen LogP contribution is -2.46. The summed E-state index contributed by atoms with van der Waals surface area (Å²) in [6, 6.07) is 8.59. The van der Waals surface area contributed by atoms with Crippen LogP contribution in [0.4, 0.5) is 0 Å². The second-order valence-electron chi connectivity index (χ2n) is 6.98. The quantitative estimate of drug-likeness (QED) is 0.803. The lowest BCUT2D eigenvalue weighted by atomic mass is 10.1. The van der Waals surface area contributed by atoms with Gasteiger partial charge in [-0.2, -0.15) is 4.98 Å². The Bertz CT molecular complexity index is 678. The van der Waals surface area contributed by atoms with E-state index >= 15 is 0 Å². The molecule has 0 bridgehead atoms. The minimum Gasteiger partial charge on any atom is -0.491 e. The summed E-state index contributed by atoms with van der Waals surface area (Å²) in [6.07, 6.45) is 0.202. The molecule has 1 aliphatic heterocycles. The Labute approximate surface area is 149 Å². The van der Waals surface area contributed by atoms with Crippen LogP contribution in [-0.4, -0.2) is 52.2 Å². The largest absolute Gasteiger partial charge is 0.491 e. The van der Waals surface area contributed by atoms with E-state index in [0.29, 0.717) is 11.7 Å². The van der Waals surface area contributed by atoms with Crippen LogP contribution >= 0.6 is 0 Å². The highest BCUT2D eigenvalue weighted by atomic mass is 16.5. The fourth-order valence-corrected chi connectivity index (χ4v) is 3.20. The number of aryl methyl sites for hydroxylation is 1. The molecule has 0 saturated carbocycles. The number of nitrogens with zero attached hydrogens (tertiary/aromatic N) is 4. The zero-order valence-electron chi connectivity index (χ0n) is 15.6. The summed E-state index contributed by atoms with van der Waals surface area (Å²) in [5, 5.41) is 3.90. The Morgan fingerprint density at radius 1 is 1.16 bits per heavy atom. The van der Waals surface area contributed by atoms with Gasteiger partial charge in [-0.1, -0.05) is 17.3 Å². The summed E-state index contributed by atoms with van der Waals surface area (Å²) >= 11 is 0. The summed E-state index contributed by atoms with van der Waals surface area (Å²) < 4.78 is 11.1. The number of rotatable bonds is 6. The van der Waals surface area contributed by atoms with Crippen molar-refractivity contribution >= 4 is 0 Å². The van der Waals surface area contributed by atoms with Crippen molar-refractivity contribution < 1.29 is 9.26 Å². The van der Waals surface area contributed by atoms with Crippen LogP contribution in [0.25, 0.3) is 0 Å². The Morgan fingerprint density at radius 2 is 1.92 bits per heavy atom. The van der Waals surface area contributed by atoms with E-state index in [4.69, 9.17) is 9.26 Å². The van der Waals surface area contributed by atoms with E-state index in [9.17, 15) is 0 Å². The first-order chi connectivity index (χ1) is 12.0. The molecule has 2 aromatic rings. The molecular weight excluding hydrogens is 316 g/mol. The molecule has 0 spiro atoms. The van der Waals surface area contributed by atoms with Crippen LogP contribution in [0.2, 0.25) is 0 Å². The zero-order valence-corrected chi connectivity index (χ0v) is 15.6. The monoisotopic (exact) mass is 344 g/mol. The molecular formula is C19H28N4O2. The highest BCUT2D eigenvalue weighted by molar-refractivity contribution is 5.28. The van der Waals surface area contributed by atoms with E-state index in [2.05, 4.69) is 58.9 Å². The Balaban J connectivity index is 1.52. The van der Waals surface area contributed by atoms with Crippen molar-refractivity contribution in [2.24, 2.45) is 0 Å². The molecule has 1 aromatic heterocycles. The first-order valence-electron chi connectivity index (χ1n) is 9.03. The number of hydrogen-bond acceptors (Lipinski definition) is 6. The fourth-order valence-electron chi connectivity index (χ4n) is 3.20. The van der Waals surface area contributed by atoms with E-state index in [1.165, 1.54) is 5.56 Å². The van der Waals surface area contributed by atoms with Crippen molar-refractivity contribution in [1.82, 2.24) is 19.9 Å². The number of hydrogen-bond donors (Lipinski definition) is 0. The first kappa shape index (κ1) is 17.9. The highest BCUT2D eigenvalue weighted by Crippen LogP contribution is 2.21. The summed E-state index contributed by atoms with van der Waals surface area (Å²) in [6.45, 7) is 13.1. The van der Waals surface area contributed by atoms with E-state index < -0.39 is 0 Å². The summed E-state index contributed by atoms with van der Waals surface area (Å²) in [7, 11) is 0. The van der Waals surface area contributed by atoms with Crippen molar-refractivity contribution in [3.8, 4) is 5.75 Å². The molecule has 136 valence electrons. The Kier molecular flexibility index (Phi) is 5.71. The normalized spacial score (nSPS) is 17.8. The molecule has 6 heteroatoms. The molecule has 1 aliphatic rings. The summed E-state index contributed by atoms with van der Waals surface area (Å²) in [5.41, 5.74) is 1.30. The third-order valence-electron chi connectivity index (χ3n) is 4.53. The first-order valence-corrected chi connectivity index (χ1v) is 9.03. The SMILES string of the molecule is Cc1noc(C(C)N2CCN(Cc3cccc(OC(C)C)c3)CC2)n1. The number of piperazine rings is 1. The second-order valence-corrected chi connectivity index (χ2v) is 6.98. The molecule has 6 nitrogen and oxygen atoms in total. The maximum Gasteiger partial charge on any atom is 0.243 e. The topological polar surface area (TPSA) is 54.6 Å². The van der Waals surface area contributed by atoms with E-state index in [0.717, 1.165) is 38.5 Å². The molecule has 3 rings (SSSR count). The number of aromatic nitrogens is 2. The van der Waals surface area contributed by atoms with Gasteiger partial charge in [0.25, 0.3) is 0 Å². The maximum atomic E-state index is 5.79. The van der Waals surface area contributed by atoms with Gasteiger partial charge < -0.3 is 9.26 Å². The van der Waals surface area contributed by atoms with E-state index in [1.807, 2.05) is 13.0 Å². The smallest absolute Gasteiger partial charge is 0.243 e. The molecule has 2 heterocycles. The molecule has 0 radical (unpaired) electrons. The Hall–Kier alpha value is -1.92. The lowest BCUT2D eigenvalue weighted by Gasteiger charge is -2.36. The van der Waals surface area contributed by atoms with Crippen molar-refractivity contribution in [3.05, 3.63) is 41.5 Å². The van der Waals surface area contributed by atoms with Crippen LogP contribution in [-0.2, 0) is 6.54 Å². The van der Waals surface area contributed by atoms with Crippen LogP contribution in [0.15, 0.2) is 28.8 Å². The molecule has 1 unspecified atom stereocenters. The van der Waals surface area contributed by atoms with Crippen LogP contribution < -0.4 is 4.74 Å². The molecule has 0 aliphatic carbocycles. The standard InChI is InChI=1S/C19H28N4O2/c1-14(2)24-18-7-5-6-17(12-18)13-22-8-10-23(11-9-22)15(3)19-20-16(4)21-25-19/h5-7,12,14-15H,8-11,13H2,1-4H3. The van der Waals surface area contributed by atoms with Gasteiger partial charge >= 0.3 is 0 Å². The van der Waals surface area contributed by atoms with Crippen LogP contribution in [0.1, 0.15) is 44.1 Å². The van der Waals surface area contributed by atoms with Crippen molar-refractivity contribution in [2.45, 2.75) is 46.4 Å². The minimum atomic E-state index is 0.172. The summed E-state index contributed by atoms with van der Waals surface area (Å²) in [4.78, 5) is 9.25. The average Bonchev–Trinajstić information content (AvgIpc) is 3.01. The van der Waals surface area contributed by atoms with Crippen LogP contribution in [0, 0.1) is 6.92 Å². The average molecular weight is 344 g/mol. The van der Waals surface area contributed by atoms with Gasteiger partial charge in [0.2, 0.25) is 5.89 Å². The second kappa shape index (κ2) is 7.97. The van der Waals surface area contributed by atoms with E-state index in [-0.39, 0.29) is 12.1 Å². The number of benzene rings is 1. The molecule has 1 saturated heterocycles. The zero-order chi connectivity index (χ0) is 17.8. The third kappa shape index (κ3) is 4.80. The fraction of sp³-hybridized carbons (Fsp3) is 0.579. The molecule has 1 aromatic carbocycles. The van der Waals surface area contributed by atoms with Crippen molar-refractivity contribution in [3.63, 3.8) is 0 Å². The van der Waals surface area contributed by atoms with Gasteiger partial charge in [-0.25, -0.2) is 0 Å². The molecule has 0 N–H and O–H groups in total. The maximum absolute atomic E-state index is 5.79. The Morgan fingerprint density at radius 3 is 2.56 bits per heavy atom. The van der Waals surface area contributed by atoms with Gasteiger partial charge in [0.15, 0.2) is 5.82 Å². The molecule has 1 atom stereocenters. The predicted molar refractivity (Wildman–Crippen MR) is 96.5 cm³/mol. The van der Waals surface area contributed by atoms with Gasteiger partial charge in [-0.3, -0.25) is 9.80 Å². The highest BCUT2D eigenvalue weighted by Gasteiger charge is 2.25. The van der Waals surface area contributed by atoms with Gasteiger partial charge in [0, 0.05) is 32.7 Å². The van der Waals surface area contributed by atoms with Gasteiger partial charge in [0.05, 0.1) is 12.1 Å². The lowest BCUT2D eigenvalue weighted by molar-refractivity contribution is 0.0844. The van der Waals surface area contributed by atoms with E-state index in [1.54, 1.807) is 0 Å². The minimum absolute atomic E-state index is 0.172. The molecule has 1 fully saturated rings. The van der Waals surface area contributed by atoms with Gasteiger partial charge in [-0.15, -0.1) is 0 Å².